The topological polar surface area (TPSA) is 53.9 Å². The molecule has 15 heavy (non-hydrogen) atoms. The molecule has 2 aliphatic rings. The van der Waals surface area contributed by atoms with Crippen molar-refractivity contribution in [2.45, 2.75) is 50.4 Å². The third-order valence-electron chi connectivity index (χ3n) is 2.75. The Morgan fingerprint density at radius 1 is 1.67 bits per heavy atom. The molecule has 0 aromatic heterocycles. The van der Waals surface area contributed by atoms with E-state index < -0.39 is 0 Å². The van der Waals surface area contributed by atoms with Crippen LogP contribution in [0.15, 0.2) is 4.99 Å². The first-order chi connectivity index (χ1) is 7.20. The molecule has 2 rings (SSSR count). The molecule has 0 spiro atoms. The Hall–Kier alpha value is -0.260. The first-order valence-corrected chi connectivity index (χ1v) is 6.40. The molecule has 0 aliphatic carbocycles. The molecule has 4 nitrogen and oxygen atoms in total. The van der Waals surface area contributed by atoms with E-state index in [9.17, 15) is 5.11 Å². The molecule has 0 saturated carbocycles. The fraction of sp³-hybridized carbons (Fsp3) is 0.900. The highest BCUT2D eigenvalue weighted by Gasteiger charge is 2.38. The quantitative estimate of drug-likeness (QED) is 0.741. The van der Waals surface area contributed by atoms with Gasteiger partial charge >= 0.3 is 0 Å². The molecule has 0 aromatic rings. The van der Waals surface area contributed by atoms with E-state index in [0.717, 1.165) is 24.6 Å². The highest BCUT2D eigenvalue weighted by Crippen LogP contribution is 2.35. The summed E-state index contributed by atoms with van der Waals surface area (Å²) in [5.74, 6) is 0. The predicted octanol–water partition coefficient (Wildman–Crippen LogP) is 0.953. The Morgan fingerprint density at radius 3 is 3.13 bits per heavy atom. The van der Waals surface area contributed by atoms with Gasteiger partial charge < -0.3 is 15.2 Å². The molecule has 1 fully saturated rings. The lowest BCUT2D eigenvalue weighted by atomic mass is 10.0. The number of aliphatic hydroxyl groups excluding tert-OH is 1. The molecule has 1 saturated heterocycles. The number of rotatable bonds is 2. The fourth-order valence-electron chi connectivity index (χ4n) is 1.92. The van der Waals surface area contributed by atoms with Crippen LogP contribution in [0.5, 0.6) is 0 Å². The van der Waals surface area contributed by atoms with Gasteiger partial charge in [-0.05, 0) is 26.7 Å². The fourth-order valence-corrected chi connectivity index (χ4v) is 3.11. The summed E-state index contributed by atoms with van der Waals surface area (Å²) in [5, 5.41) is 13.7. The van der Waals surface area contributed by atoms with Gasteiger partial charge in [0, 0.05) is 6.54 Å². The van der Waals surface area contributed by atoms with E-state index >= 15 is 0 Å². The van der Waals surface area contributed by atoms with Gasteiger partial charge in [-0.15, -0.1) is 0 Å². The lowest BCUT2D eigenvalue weighted by Gasteiger charge is -2.31. The van der Waals surface area contributed by atoms with Crippen molar-refractivity contribution in [2.75, 3.05) is 6.54 Å². The molecule has 86 valence electrons. The molecule has 0 amide bonds. The van der Waals surface area contributed by atoms with Crippen LogP contribution in [0.4, 0.5) is 0 Å². The summed E-state index contributed by atoms with van der Waals surface area (Å²) in [7, 11) is 0. The van der Waals surface area contributed by atoms with E-state index in [2.05, 4.69) is 17.2 Å². The van der Waals surface area contributed by atoms with Gasteiger partial charge in [-0.3, -0.25) is 4.99 Å². The van der Waals surface area contributed by atoms with Gasteiger partial charge in [-0.1, -0.05) is 11.8 Å². The van der Waals surface area contributed by atoms with Crippen molar-refractivity contribution in [3.8, 4) is 0 Å². The number of nitrogens with one attached hydrogen (secondary N) is 1. The van der Waals surface area contributed by atoms with Crippen LogP contribution in [0, 0.1) is 0 Å². The van der Waals surface area contributed by atoms with E-state index in [1.807, 2.05) is 0 Å². The highest BCUT2D eigenvalue weighted by molar-refractivity contribution is 8.14. The van der Waals surface area contributed by atoms with Crippen molar-refractivity contribution < 1.29 is 9.84 Å². The normalized spacial score (nSPS) is 37.0. The van der Waals surface area contributed by atoms with Crippen LogP contribution in [-0.2, 0) is 4.74 Å². The second kappa shape index (κ2) is 4.72. The van der Waals surface area contributed by atoms with Gasteiger partial charge in [0.25, 0.3) is 0 Å². The molecular weight excluding hydrogens is 212 g/mol. The minimum Gasteiger partial charge on any atom is -0.391 e. The van der Waals surface area contributed by atoms with Gasteiger partial charge in [0.15, 0.2) is 5.17 Å². The summed E-state index contributed by atoms with van der Waals surface area (Å²) in [4.78, 5) is 4.56. The molecule has 0 bridgehead atoms. The lowest BCUT2D eigenvalue weighted by Crippen LogP contribution is -2.39. The van der Waals surface area contributed by atoms with Gasteiger partial charge in [-0.25, -0.2) is 0 Å². The Kier molecular flexibility index (Phi) is 3.53. The van der Waals surface area contributed by atoms with Crippen molar-refractivity contribution in [2.24, 2.45) is 4.99 Å². The number of amidine groups is 1. The van der Waals surface area contributed by atoms with Gasteiger partial charge in [0.2, 0.25) is 0 Å². The summed E-state index contributed by atoms with van der Waals surface area (Å²) < 4.78 is 5.81. The molecule has 0 radical (unpaired) electrons. The molecule has 2 aliphatic heterocycles. The van der Waals surface area contributed by atoms with E-state index in [1.165, 1.54) is 0 Å². The molecular formula is C10H18N2O2S. The van der Waals surface area contributed by atoms with E-state index in [1.54, 1.807) is 18.7 Å². The maximum Gasteiger partial charge on any atom is 0.159 e. The van der Waals surface area contributed by atoms with E-state index in [4.69, 9.17) is 4.74 Å². The molecule has 0 unspecified atom stereocenters. The van der Waals surface area contributed by atoms with E-state index in [0.29, 0.717) is 0 Å². The Balaban J connectivity index is 1.92. The summed E-state index contributed by atoms with van der Waals surface area (Å²) in [6.45, 7) is 4.74. The number of nitrogens with zero attached hydrogens (tertiary/aromatic N) is 1. The molecule has 2 N–H and O–H groups in total. The smallest absolute Gasteiger partial charge is 0.159 e. The number of ether oxygens (including phenoxy) is 1. The van der Waals surface area contributed by atoms with Gasteiger partial charge in [-0.2, -0.15) is 0 Å². The van der Waals surface area contributed by atoms with Crippen LogP contribution in [0.3, 0.4) is 0 Å². The monoisotopic (exact) mass is 230 g/mol. The van der Waals surface area contributed by atoms with Gasteiger partial charge in [0.05, 0.1) is 18.2 Å². The zero-order valence-corrected chi connectivity index (χ0v) is 9.96. The van der Waals surface area contributed by atoms with Crippen LogP contribution in [0.1, 0.15) is 26.7 Å². The standard InChI is InChI=1S/C10H18N2O2S/c1-3-11-10-12-7-4-5-8(6(2)13)14-9(7)15-10/h6-9,13H,3-5H2,1-2H3,(H,11,12)/t6-,7+,8+,9+/m0/s1. The number of aliphatic imine (C=N–C) groups is 1. The lowest BCUT2D eigenvalue weighted by molar-refractivity contribution is -0.0729. The van der Waals surface area contributed by atoms with Crippen LogP contribution in [-0.4, -0.2) is 40.5 Å². The number of hydrogen-bond acceptors (Lipinski definition) is 5. The largest absolute Gasteiger partial charge is 0.391 e. The summed E-state index contributed by atoms with van der Waals surface area (Å²) >= 11 is 1.65. The van der Waals surface area contributed by atoms with Gasteiger partial charge in [0.1, 0.15) is 5.44 Å². The summed E-state index contributed by atoms with van der Waals surface area (Å²) in [6, 6.07) is 0.277. The minimum atomic E-state index is -0.380. The number of hydrogen-bond donors (Lipinski definition) is 2. The number of thioether (sulfide) groups is 1. The zero-order chi connectivity index (χ0) is 10.8. The Labute approximate surface area is 94.5 Å². The van der Waals surface area contributed by atoms with Crippen LogP contribution in [0.2, 0.25) is 0 Å². The second-order valence-corrected chi connectivity index (χ2v) is 5.10. The second-order valence-electron chi connectivity index (χ2n) is 4.01. The average Bonchev–Trinajstić information content (AvgIpc) is 2.59. The highest BCUT2D eigenvalue weighted by atomic mass is 32.2. The zero-order valence-electron chi connectivity index (χ0n) is 9.14. The van der Waals surface area contributed by atoms with Crippen LogP contribution in [0.25, 0.3) is 0 Å². The first kappa shape index (κ1) is 11.2. The van der Waals surface area contributed by atoms with E-state index in [-0.39, 0.29) is 23.7 Å². The molecule has 2 heterocycles. The van der Waals surface area contributed by atoms with Crippen molar-refractivity contribution in [3.63, 3.8) is 0 Å². The molecule has 5 heteroatoms. The maximum absolute atomic E-state index is 9.48. The Bertz CT molecular complexity index is 258. The minimum absolute atomic E-state index is 0.0186. The number of aliphatic hydroxyl groups is 1. The first-order valence-electron chi connectivity index (χ1n) is 5.52. The SMILES string of the molecule is CCNC1=N[C@@H]2CC[C@H]([C@H](C)O)O[C@@H]2S1. The predicted molar refractivity (Wildman–Crippen MR) is 62.1 cm³/mol. The van der Waals surface area contributed by atoms with Crippen LogP contribution >= 0.6 is 11.8 Å². The summed E-state index contributed by atoms with van der Waals surface area (Å²) in [6.07, 6.45) is 1.52. The summed E-state index contributed by atoms with van der Waals surface area (Å²) in [5.41, 5.74) is 0.104. The van der Waals surface area contributed by atoms with Crippen molar-refractivity contribution in [1.29, 1.82) is 0 Å². The van der Waals surface area contributed by atoms with Crippen molar-refractivity contribution in [1.82, 2.24) is 5.32 Å². The average molecular weight is 230 g/mol. The Morgan fingerprint density at radius 2 is 2.47 bits per heavy atom. The number of fused-ring (bicyclic) bond motifs is 1. The van der Waals surface area contributed by atoms with Crippen LogP contribution < -0.4 is 5.32 Å². The third kappa shape index (κ3) is 2.46. The molecule has 0 aromatic carbocycles. The molecule has 4 atom stereocenters. The van der Waals surface area contributed by atoms with Crippen molar-refractivity contribution >= 4 is 16.9 Å². The maximum atomic E-state index is 9.48. The van der Waals surface area contributed by atoms with Crippen molar-refractivity contribution in [3.05, 3.63) is 0 Å². The third-order valence-corrected chi connectivity index (χ3v) is 3.88.